The fourth-order valence-electron chi connectivity index (χ4n) is 3.33. The van der Waals surface area contributed by atoms with Crippen LogP contribution >= 0.6 is 0 Å². The number of hydrogen-bond acceptors (Lipinski definition) is 5. The highest BCUT2D eigenvalue weighted by atomic mass is 19.2. The van der Waals surface area contributed by atoms with Crippen LogP contribution in [0.4, 0.5) is 19.0 Å². The van der Waals surface area contributed by atoms with E-state index in [-0.39, 0.29) is 0 Å². The maximum atomic E-state index is 14.4. The first-order chi connectivity index (χ1) is 13.5. The van der Waals surface area contributed by atoms with E-state index in [1.54, 1.807) is 0 Å². The van der Waals surface area contributed by atoms with Crippen LogP contribution in [0.1, 0.15) is 34.8 Å². The summed E-state index contributed by atoms with van der Waals surface area (Å²) in [6.07, 6.45) is 2.31. The van der Waals surface area contributed by atoms with Gasteiger partial charge in [-0.1, -0.05) is 0 Å². The van der Waals surface area contributed by atoms with Crippen molar-refractivity contribution in [2.75, 3.05) is 38.2 Å². The summed E-state index contributed by atoms with van der Waals surface area (Å²) in [5, 5.41) is 8.51. The van der Waals surface area contributed by atoms with Crippen molar-refractivity contribution in [1.29, 1.82) is 0 Å². The van der Waals surface area contributed by atoms with E-state index in [2.05, 4.69) is 14.9 Å². The van der Waals surface area contributed by atoms with Crippen molar-refractivity contribution in [1.82, 2.24) is 15.1 Å². The Kier molecular flexibility index (Phi) is 4.82. The van der Waals surface area contributed by atoms with Crippen LogP contribution in [0.5, 0.6) is 5.75 Å². The van der Waals surface area contributed by atoms with Crippen LogP contribution in [0.15, 0.2) is 18.2 Å². The molecule has 0 atom stereocenters. The standard InChI is InChI=1S/C19H19F3N4O2/c1-28-18-16(21)12(10-13(20)17(18)22)19(27)26-8-6-25(7-9-26)15-5-4-14(23-24-15)11-2-3-11/h4-5,10-11H,2-3,6-9H2,1H3. The zero-order valence-electron chi connectivity index (χ0n) is 15.3. The Bertz CT molecular complexity index is 895. The number of anilines is 1. The van der Waals surface area contributed by atoms with Crippen LogP contribution in [0.2, 0.25) is 0 Å². The van der Waals surface area contributed by atoms with E-state index in [4.69, 9.17) is 0 Å². The molecule has 1 aromatic heterocycles. The molecule has 6 nitrogen and oxygen atoms in total. The number of nitrogens with zero attached hydrogens (tertiary/aromatic N) is 4. The Hall–Kier alpha value is -2.84. The van der Waals surface area contributed by atoms with Crippen LogP contribution in [-0.4, -0.2) is 54.3 Å². The van der Waals surface area contributed by atoms with Gasteiger partial charge in [-0.3, -0.25) is 4.79 Å². The van der Waals surface area contributed by atoms with Crippen LogP contribution < -0.4 is 9.64 Å². The first-order valence-electron chi connectivity index (χ1n) is 9.09. The molecule has 1 saturated carbocycles. The molecule has 148 valence electrons. The summed E-state index contributed by atoms with van der Waals surface area (Å²) in [5.74, 6) is -4.33. The number of carbonyl (C=O) groups is 1. The van der Waals surface area contributed by atoms with Crippen LogP contribution in [0, 0.1) is 17.5 Å². The SMILES string of the molecule is COc1c(F)c(F)cc(C(=O)N2CCN(c3ccc(C4CC4)nn3)CC2)c1F. The lowest BCUT2D eigenvalue weighted by Crippen LogP contribution is -2.49. The smallest absolute Gasteiger partial charge is 0.257 e. The van der Waals surface area contributed by atoms with Gasteiger partial charge in [0.25, 0.3) is 5.91 Å². The lowest BCUT2D eigenvalue weighted by atomic mass is 10.1. The number of methoxy groups -OCH3 is 1. The Labute approximate surface area is 159 Å². The largest absolute Gasteiger partial charge is 0.491 e. The van der Waals surface area contributed by atoms with Gasteiger partial charge in [0, 0.05) is 32.1 Å². The molecule has 9 heteroatoms. The Morgan fingerprint density at radius 1 is 1.07 bits per heavy atom. The predicted octanol–water partition coefficient (Wildman–Crippen LogP) is 2.74. The van der Waals surface area contributed by atoms with E-state index in [1.165, 1.54) is 4.90 Å². The second kappa shape index (κ2) is 7.29. The maximum Gasteiger partial charge on any atom is 0.257 e. The Balaban J connectivity index is 1.45. The number of ether oxygens (including phenoxy) is 1. The molecule has 2 fully saturated rings. The molecule has 2 heterocycles. The topological polar surface area (TPSA) is 58.6 Å². The van der Waals surface area contributed by atoms with E-state index >= 15 is 0 Å². The number of halogens is 3. The van der Waals surface area contributed by atoms with E-state index in [0.717, 1.165) is 31.5 Å². The van der Waals surface area contributed by atoms with Gasteiger partial charge >= 0.3 is 0 Å². The van der Waals surface area contributed by atoms with Gasteiger partial charge < -0.3 is 14.5 Å². The van der Waals surface area contributed by atoms with Crippen LogP contribution in [0.3, 0.4) is 0 Å². The van der Waals surface area contributed by atoms with Gasteiger partial charge in [-0.05, 0) is 31.0 Å². The van der Waals surface area contributed by atoms with Gasteiger partial charge in [0.15, 0.2) is 23.2 Å². The second-order valence-electron chi connectivity index (χ2n) is 6.94. The zero-order valence-corrected chi connectivity index (χ0v) is 15.3. The molecule has 0 unspecified atom stereocenters. The van der Waals surface area contributed by atoms with Crippen molar-refractivity contribution in [2.45, 2.75) is 18.8 Å². The number of amides is 1. The van der Waals surface area contributed by atoms with E-state index < -0.39 is 34.7 Å². The third-order valence-corrected chi connectivity index (χ3v) is 5.11. The van der Waals surface area contributed by atoms with E-state index in [1.807, 2.05) is 17.0 Å². The minimum absolute atomic E-state index is 0.297. The summed E-state index contributed by atoms with van der Waals surface area (Å²) in [7, 11) is 1.02. The number of piperazine rings is 1. The summed E-state index contributed by atoms with van der Waals surface area (Å²) in [6, 6.07) is 4.46. The molecule has 0 N–H and O–H groups in total. The number of carbonyl (C=O) groups excluding carboxylic acids is 1. The molecular formula is C19H19F3N4O2. The monoisotopic (exact) mass is 392 g/mol. The number of aromatic nitrogens is 2. The fraction of sp³-hybridized carbons (Fsp3) is 0.421. The minimum Gasteiger partial charge on any atom is -0.491 e. The number of hydrogen-bond donors (Lipinski definition) is 0. The Morgan fingerprint density at radius 2 is 1.79 bits per heavy atom. The van der Waals surface area contributed by atoms with Gasteiger partial charge in [0.05, 0.1) is 18.4 Å². The first-order valence-corrected chi connectivity index (χ1v) is 9.09. The average molecular weight is 392 g/mol. The van der Waals surface area contributed by atoms with Crippen molar-refractivity contribution in [2.24, 2.45) is 0 Å². The summed E-state index contributed by atoms with van der Waals surface area (Å²) >= 11 is 0. The molecule has 1 aliphatic carbocycles. The highest BCUT2D eigenvalue weighted by molar-refractivity contribution is 5.95. The van der Waals surface area contributed by atoms with Crippen molar-refractivity contribution >= 4 is 11.7 Å². The maximum absolute atomic E-state index is 14.4. The lowest BCUT2D eigenvalue weighted by molar-refractivity contribution is 0.0740. The van der Waals surface area contributed by atoms with Crippen molar-refractivity contribution in [3.63, 3.8) is 0 Å². The van der Waals surface area contributed by atoms with E-state index in [0.29, 0.717) is 38.2 Å². The Morgan fingerprint density at radius 3 is 2.36 bits per heavy atom. The van der Waals surface area contributed by atoms with Crippen molar-refractivity contribution in [3.05, 3.63) is 46.9 Å². The molecule has 2 aromatic rings. The highest BCUT2D eigenvalue weighted by Gasteiger charge is 2.29. The third kappa shape index (κ3) is 3.36. The summed E-state index contributed by atoms with van der Waals surface area (Å²) in [5.41, 5.74) is 0.457. The van der Waals surface area contributed by atoms with Crippen LogP contribution in [-0.2, 0) is 0 Å². The van der Waals surface area contributed by atoms with Crippen LogP contribution in [0.25, 0.3) is 0 Å². The molecular weight excluding hydrogens is 373 g/mol. The fourth-order valence-corrected chi connectivity index (χ4v) is 3.33. The van der Waals surface area contributed by atoms with Gasteiger partial charge in [-0.15, -0.1) is 5.10 Å². The molecule has 1 saturated heterocycles. The minimum atomic E-state index is -1.45. The van der Waals surface area contributed by atoms with Crippen molar-refractivity contribution in [3.8, 4) is 5.75 Å². The highest BCUT2D eigenvalue weighted by Crippen LogP contribution is 2.38. The lowest BCUT2D eigenvalue weighted by Gasteiger charge is -2.35. The molecule has 28 heavy (non-hydrogen) atoms. The zero-order chi connectivity index (χ0) is 19.8. The average Bonchev–Trinajstić information content (AvgIpc) is 3.56. The predicted molar refractivity (Wildman–Crippen MR) is 95.0 cm³/mol. The molecule has 1 amide bonds. The quantitative estimate of drug-likeness (QED) is 0.749. The van der Waals surface area contributed by atoms with E-state index in [9.17, 15) is 18.0 Å². The van der Waals surface area contributed by atoms with Gasteiger partial charge in [-0.25, -0.2) is 8.78 Å². The van der Waals surface area contributed by atoms with Gasteiger partial charge in [0.2, 0.25) is 5.82 Å². The first kappa shape index (κ1) is 18.5. The molecule has 0 bridgehead atoms. The van der Waals surface area contributed by atoms with Gasteiger partial charge in [0.1, 0.15) is 0 Å². The normalized spacial score (nSPS) is 17.0. The summed E-state index contributed by atoms with van der Waals surface area (Å²) in [6.45, 7) is 1.55. The second-order valence-corrected chi connectivity index (χ2v) is 6.94. The summed E-state index contributed by atoms with van der Waals surface area (Å²) in [4.78, 5) is 16.0. The molecule has 4 rings (SSSR count). The molecule has 0 spiro atoms. The molecule has 0 radical (unpaired) electrons. The van der Waals surface area contributed by atoms with Crippen molar-refractivity contribution < 1.29 is 22.7 Å². The summed E-state index contributed by atoms with van der Waals surface area (Å²) < 4.78 is 46.2. The molecule has 1 aromatic carbocycles. The molecule has 1 aliphatic heterocycles. The third-order valence-electron chi connectivity index (χ3n) is 5.11. The molecule has 2 aliphatic rings. The van der Waals surface area contributed by atoms with Gasteiger partial charge in [-0.2, -0.15) is 9.49 Å². The number of rotatable bonds is 4. The number of benzene rings is 1.